The quantitative estimate of drug-likeness (QED) is 0.860. The minimum Gasteiger partial charge on any atom is -0.396 e. The van der Waals surface area contributed by atoms with E-state index in [2.05, 4.69) is 43.9 Å². The molecule has 1 radical (unpaired) electrons. The van der Waals surface area contributed by atoms with E-state index in [1.807, 2.05) is 14.1 Å². The number of rotatable bonds is 5. The molecule has 1 aromatic carbocycles. The van der Waals surface area contributed by atoms with Gasteiger partial charge in [-0.25, -0.2) is 0 Å². The van der Waals surface area contributed by atoms with Crippen LogP contribution in [-0.2, 0) is 0 Å². The summed E-state index contributed by atoms with van der Waals surface area (Å²) < 4.78 is 0. The summed E-state index contributed by atoms with van der Waals surface area (Å²) in [7, 11) is 4.10. The highest BCUT2D eigenvalue weighted by Gasteiger charge is 2.07. The summed E-state index contributed by atoms with van der Waals surface area (Å²) in [6, 6.07) is 6.62. The van der Waals surface area contributed by atoms with Gasteiger partial charge in [0.1, 0.15) is 0 Å². The van der Waals surface area contributed by atoms with Gasteiger partial charge in [0.15, 0.2) is 0 Å². The second-order valence-corrected chi connectivity index (χ2v) is 4.88. The fraction of sp³-hybridized carbons (Fsp3) is 0.562. The molecule has 1 rings (SSSR count). The molecular weight excluding hydrogens is 236 g/mol. The summed E-state index contributed by atoms with van der Waals surface area (Å²) in [5.41, 5.74) is 9.78. The van der Waals surface area contributed by atoms with Crippen LogP contribution < -0.4 is 10.6 Å². The van der Waals surface area contributed by atoms with Crippen molar-refractivity contribution < 1.29 is 5.11 Å². The maximum atomic E-state index is 8.03. The third kappa shape index (κ3) is 6.60. The van der Waals surface area contributed by atoms with Gasteiger partial charge >= 0.3 is 0 Å². The Labute approximate surface area is 118 Å². The predicted octanol–water partition coefficient (Wildman–Crippen LogP) is 3.06. The Hall–Kier alpha value is -1.06. The number of nitrogens with zero attached hydrogens (tertiary/aromatic N) is 1. The van der Waals surface area contributed by atoms with Gasteiger partial charge in [0.05, 0.1) is 0 Å². The molecule has 0 aromatic heterocycles. The maximum Gasteiger partial charge on any atom is 0.0431 e. The number of benzene rings is 1. The predicted molar refractivity (Wildman–Crippen MR) is 84.4 cm³/mol. The number of aliphatic hydroxyl groups excluding tert-OH is 1. The lowest BCUT2D eigenvalue weighted by Crippen LogP contribution is -2.12. The van der Waals surface area contributed by atoms with Crippen molar-refractivity contribution in [2.45, 2.75) is 39.2 Å². The molecule has 3 heteroatoms. The van der Waals surface area contributed by atoms with E-state index in [1.165, 1.54) is 16.8 Å². The Kier molecular flexibility index (Phi) is 9.27. The van der Waals surface area contributed by atoms with E-state index in [0.717, 1.165) is 19.3 Å². The average molecular weight is 265 g/mol. The van der Waals surface area contributed by atoms with E-state index in [1.54, 1.807) is 0 Å². The van der Waals surface area contributed by atoms with Crippen LogP contribution in [0.2, 0.25) is 0 Å². The van der Waals surface area contributed by atoms with Crippen LogP contribution in [0.1, 0.15) is 43.4 Å². The first-order valence-corrected chi connectivity index (χ1v) is 6.91. The molecule has 3 N–H and O–H groups in total. The molecule has 0 saturated carbocycles. The molecule has 0 spiro atoms. The molecule has 3 nitrogen and oxygen atoms in total. The van der Waals surface area contributed by atoms with Gasteiger partial charge in [-0.05, 0) is 43.0 Å². The molecule has 0 aliphatic carbocycles. The third-order valence-electron chi connectivity index (χ3n) is 3.02. The van der Waals surface area contributed by atoms with Crippen LogP contribution in [0.3, 0.4) is 0 Å². The first kappa shape index (κ1) is 17.9. The summed E-state index contributed by atoms with van der Waals surface area (Å²) in [5.74, 6) is 0. The van der Waals surface area contributed by atoms with E-state index < -0.39 is 0 Å². The largest absolute Gasteiger partial charge is 0.396 e. The molecular formula is C16H29N2O. The number of aryl methyl sites for hydroxylation is 1. The summed E-state index contributed by atoms with van der Waals surface area (Å²) in [6.45, 7) is 8.03. The molecule has 19 heavy (non-hydrogen) atoms. The van der Waals surface area contributed by atoms with E-state index >= 15 is 0 Å². The topological polar surface area (TPSA) is 49.5 Å². The summed E-state index contributed by atoms with van der Waals surface area (Å²) in [5, 5.41) is 8.03. The second-order valence-electron chi connectivity index (χ2n) is 4.88. The lowest BCUT2D eigenvalue weighted by molar-refractivity contribution is 0.289. The van der Waals surface area contributed by atoms with Gasteiger partial charge in [0.2, 0.25) is 0 Å². The monoisotopic (exact) mass is 265 g/mol. The van der Waals surface area contributed by atoms with Crippen molar-refractivity contribution in [2.24, 2.45) is 5.73 Å². The van der Waals surface area contributed by atoms with Gasteiger partial charge in [0, 0.05) is 32.4 Å². The van der Waals surface area contributed by atoms with E-state index in [-0.39, 0.29) is 12.6 Å². The van der Waals surface area contributed by atoms with Gasteiger partial charge in [0.25, 0.3) is 0 Å². The molecule has 0 heterocycles. The molecule has 0 aliphatic heterocycles. The number of anilines is 1. The van der Waals surface area contributed by atoms with Crippen molar-refractivity contribution in [3.8, 4) is 0 Å². The summed E-state index contributed by atoms with van der Waals surface area (Å²) in [4.78, 5) is 2.11. The van der Waals surface area contributed by atoms with Gasteiger partial charge < -0.3 is 15.7 Å². The Morgan fingerprint density at radius 2 is 2.00 bits per heavy atom. The molecule has 109 valence electrons. The Morgan fingerprint density at radius 3 is 2.32 bits per heavy atom. The van der Waals surface area contributed by atoms with Crippen molar-refractivity contribution in [1.29, 1.82) is 0 Å². The van der Waals surface area contributed by atoms with Gasteiger partial charge in [-0.1, -0.05) is 26.3 Å². The number of hydrogen-bond acceptors (Lipinski definition) is 3. The molecule has 1 unspecified atom stereocenters. The fourth-order valence-corrected chi connectivity index (χ4v) is 1.69. The molecule has 0 bridgehead atoms. The molecule has 0 amide bonds. The van der Waals surface area contributed by atoms with Crippen LogP contribution >= 0.6 is 0 Å². The molecule has 1 aromatic rings. The van der Waals surface area contributed by atoms with Crippen molar-refractivity contribution >= 4 is 5.69 Å². The van der Waals surface area contributed by atoms with Crippen LogP contribution in [0.4, 0.5) is 5.69 Å². The van der Waals surface area contributed by atoms with Crippen LogP contribution in [0, 0.1) is 13.8 Å². The normalized spacial score (nSPS) is 11.5. The zero-order chi connectivity index (χ0) is 14.8. The lowest BCUT2D eigenvalue weighted by Gasteiger charge is -2.17. The molecule has 0 aliphatic rings. The maximum absolute atomic E-state index is 8.03. The SMILES string of the molecule is CCC(N)c1ccc(N(C)C)cc1C.[CH2]CCCO. The van der Waals surface area contributed by atoms with Gasteiger partial charge in [-0.2, -0.15) is 0 Å². The standard InChI is InChI=1S/C12H20N2.C4H9O/c1-5-12(13)11-7-6-10(14(3)4)8-9(11)2;1-2-3-4-5/h6-8,12H,5,13H2,1-4H3;5H,1-4H2. The zero-order valence-electron chi connectivity index (χ0n) is 12.8. The average Bonchev–Trinajstić information content (AvgIpc) is 2.39. The second kappa shape index (κ2) is 9.82. The van der Waals surface area contributed by atoms with Gasteiger partial charge in [-0.3, -0.25) is 0 Å². The van der Waals surface area contributed by atoms with E-state index in [9.17, 15) is 0 Å². The smallest absolute Gasteiger partial charge is 0.0431 e. The highest BCUT2D eigenvalue weighted by molar-refractivity contribution is 5.50. The molecule has 0 fully saturated rings. The summed E-state index contributed by atoms with van der Waals surface area (Å²) >= 11 is 0. The molecule has 0 saturated heterocycles. The third-order valence-corrected chi connectivity index (χ3v) is 3.02. The number of hydrogen-bond donors (Lipinski definition) is 2. The van der Waals surface area contributed by atoms with Crippen molar-refractivity contribution in [1.82, 2.24) is 0 Å². The zero-order valence-corrected chi connectivity index (χ0v) is 12.8. The number of aliphatic hydroxyl groups is 1. The van der Waals surface area contributed by atoms with Gasteiger partial charge in [-0.15, -0.1) is 0 Å². The summed E-state index contributed by atoms with van der Waals surface area (Å²) in [6.07, 6.45) is 2.67. The highest BCUT2D eigenvalue weighted by atomic mass is 16.2. The van der Waals surface area contributed by atoms with Crippen LogP contribution in [-0.4, -0.2) is 25.8 Å². The highest BCUT2D eigenvalue weighted by Crippen LogP contribution is 2.22. The first-order valence-electron chi connectivity index (χ1n) is 6.91. The van der Waals surface area contributed by atoms with E-state index in [4.69, 9.17) is 10.8 Å². The minimum absolute atomic E-state index is 0.172. The fourth-order valence-electron chi connectivity index (χ4n) is 1.69. The van der Waals surface area contributed by atoms with Crippen LogP contribution in [0.25, 0.3) is 0 Å². The number of nitrogens with two attached hydrogens (primary N) is 1. The van der Waals surface area contributed by atoms with Crippen molar-refractivity contribution in [3.05, 3.63) is 36.2 Å². The lowest BCUT2D eigenvalue weighted by atomic mass is 9.99. The Bertz CT molecular complexity index is 349. The Morgan fingerprint density at radius 1 is 1.37 bits per heavy atom. The molecule has 1 atom stereocenters. The minimum atomic E-state index is 0.172. The van der Waals surface area contributed by atoms with Crippen molar-refractivity contribution in [3.63, 3.8) is 0 Å². The first-order chi connectivity index (χ1) is 8.97. The van der Waals surface area contributed by atoms with Crippen molar-refractivity contribution in [2.75, 3.05) is 25.6 Å². The van der Waals surface area contributed by atoms with Crippen LogP contribution in [0.5, 0.6) is 0 Å². The Balaban J connectivity index is 0.000000555. The van der Waals surface area contributed by atoms with Crippen LogP contribution in [0.15, 0.2) is 18.2 Å². The van der Waals surface area contributed by atoms with E-state index in [0.29, 0.717) is 0 Å². The number of unbranched alkanes of at least 4 members (excludes halogenated alkanes) is 1.